The van der Waals surface area contributed by atoms with Gasteiger partial charge >= 0.3 is 0 Å². The Morgan fingerprint density at radius 1 is 1.35 bits per heavy atom. The molecule has 2 aliphatic rings. The molecule has 2 aliphatic heterocycles. The highest BCUT2D eigenvalue weighted by Crippen LogP contribution is 2.37. The maximum Gasteiger partial charge on any atom is 0.214 e. The summed E-state index contributed by atoms with van der Waals surface area (Å²) in [6, 6.07) is 10.2. The van der Waals surface area contributed by atoms with Crippen LogP contribution in [0.5, 0.6) is 0 Å². The van der Waals surface area contributed by atoms with Crippen LogP contribution in [-0.4, -0.2) is 24.6 Å². The number of nitrogens with zero attached hydrogens (tertiary/aromatic N) is 2. The average Bonchev–Trinajstić information content (AvgIpc) is 2.78. The Morgan fingerprint density at radius 3 is 3.13 bits per heavy atom. The summed E-state index contributed by atoms with van der Waals surface area (Å²) < 4.78 is 5.60. The maximum absolute atomic E-state index is 11.6. The Balaban J connectivity index is 1.73. The molecule has 0 aliphatic carbocycles. The first-order valence-corrected chi connectivity index (χ1v) is 7.99. The third-order valence-electron chi connectivity index (χ3n) is 4.58. The van der Waals surface area contributed by atoms with Crippen molar-refractivity contribution in [2.75, 3.05) is 23.4 Å². The molecular formula is C18H19N3O2. The number of benzene rings is 1. The van der Waals surface area contributed by atoms with Crippen LogP contribution in [0.15, 0.2) is 36.5 Å². The molecule has 118 valence electrons. The van der Waals surface area contributed by atoms with Gasteiger partial charge in [-0.2, -0.15) is 0 Å². The van der Waals surface area contributed by atoms with E-state index in [-0.39, 0.29) is 0 Å². The number of amides is 1. The van der Waals surface area contributed by atoms with Crippen molar-refractivity contribution in [3.63, 3.8) is 0 Å². The minimum Gasteiger partial charge on any atom is -0.381 e. The van der Waals surface area contributed by atoms with Crippen LogP contribution in [0.25, 0.3) is 0 Å². The second-order valence-corrected chi connectivity index (χ2v) is 6.06. The molecule has 4 rings (SSSR count). The van der Waals surface area contributed by atoms with E-state index in [0.717, 1.165) is 55.2 Å². The zero-order valence-corrected chi connectivity index (χ0v) is 12.9. The van der Waals surface area contributed by atoms with E-state index >= 15 is 0 Å². The van der Waals surface area contributed by atoms with Crippen molar-refractivity contribution in [2.45, 2.75) is 25.3 Å². The van der Waals surface area contributed by atoms with E-state index < -0.39 is 0 Å². The number of aromatic nitrogens is 1. The summed E-state index contributed by atoms with van der Waals surface area (Å²) >= 11 is 0. The first kappa shape index (κ1) is 14.2. The molecule has 0 bridgehead atoms. The summed E-state index contributed by atoms with van der Waals surface area (Å²) in [5.41, 5.74) is 4.06. The largest absolute Gasteiger partial charge is 0.381 e. The normalized spacial score (nSPS) is 20.0. The third kappa shape index (κ3) is 2.68. The van der Waals surface area contributed by atoms with Crippen molar-refractivity contribution in [1.82, 2.24) is 4.98 Å². The minimum atomic E-state index is 0.409. The molecule has 5 heteroatoms. The van der Waals surface area contributed by atoms with E-state index in [9.17, 15) is 4.79 Å². The maximum atomic E-state index is 11.6. The summed E-state index contributed by atoms with van der Waals surface area (Å²) in [4.78, 5) is 17.8. The van der Waals surface area contributed by atoms with Crippen LogP contribution in [0.4, 0.5) is 17.2 Å². The lowest BCUT2D eigenvalue weighted by Gasteiger charge is -2.25. The van der Waals surface area contributed by atoms with Crippen molar-refractivity contribution in [3.8, 4) is 0 Å². The Morgan fingerprint density at radius 2 is 2.30 bits per heavy atom. The fourth-order valence-corrected chi connectivity index (χ4v) is 3.32. The van der Waals surface area contributed by atoms with Crippen molar-refractivity contribution >= 4 is 23.6 Å². The number of nitrogens with one attached hydrogen (secondary N) is 1. The molecular weight excluding hydrogens is 290 g/mol. The Kier molecular flexibility index (Phi) is 3.71. The smallest absolute Gasteiger partial charge is 0.214 e. The highest BCUT2D eigenvalue weighted by Gasteiger charge is 2.22. The first-order valence-electron chi connectivity index (χ1n) is 7.99. The van der Waals surface area contributed by atoms with E-state index in [1.807, 2.05) is 18.2 Å². The second-order valence-electron chi connectivity index (χ2n) is 6.06. The van der Waals surface area contributed by atoms with Gasteiger partial charge in [0.25, 0.3) is 0 Å². The molecule has 1 atom stereocenters. The van der Waals surface area contributed by atoms with Crippen molar-refractivity contribution in [3.05, 3.63) is 47.7 Å². The predicted molar refractivity (Wildman–Crippen MR) is 89.0 cm³/mol. The highest BCUT2D eigenvalue weighted by molar-refractivity contribution is 5.87. The van der Waals surface area contributed by atoms with E-state index in [0.29, 0.717) is 12.5 Å². The number of pyridine rings is 1. The molecule has 1 aromatic carbocycles. The van der Waals surface area contributed by atoms with E-state index in [1.165, 1.54) is 5.56 Å². The standard InChI is InChI=1S/C18H19N3O2/c22-12-21-10-14-3-1-7-19-18(14)20-16-6-5-13(9-17(16)21)15-4-2-8-23-11-15/h1,3,5-7,9,12,15H,2,4,8,10-11H2,(H,19,20). The number of hydrogen-bond donors (Lipinski definition) is 1. The molecule has 0 radical (unpaired) electrons. The van der Waals surface area contributed by atoms with Crippen LogP contribution >= 0.6 is 0 Å². The first-order chi connectivity index (χ1) is 11.3. The number of carbonyl (C=O) groups is 1. The number of fused-ring (bicyclic) bond motifs is 2. The molecule has 1 N–H and O–H groups in total. The lowest BCUT2D eigenvalue weighted by molar-refractivity contribution is -0.107. The van der Waals surface area contributed by atoms with Gasteiger partial charge in [0, 0.05) is 24.3 Å². The van der Waals surface area contributed by atoms with Gasteiger partial charge in [-0.1, -0.05) is 12.1 Å². The fraction of sp³-hybridized carbons (Fsp3) is 0.333. The highest BCUT2D eigenvalue weighted by atomic mass is 16.5. The zero-order valence-electron chi connectivity index (χ0n) is 12.9. The molecule has 0 spiro atoms. The molecule has 23 heavy (non-hydrogen) atoms. The number of carbonyl (C=O) groups excluding carboxylic acids is 1. The van der Waals surface area contributed by atoms with Crippen LogP contribution in [0.3, 0.4) is 0 Å². The number of hydrogen-bond acceptors (Lipinski definition) is 4. The number of ether oxygens (including phenoxy) is 1. The van der Waals surface area contributed by atoms with Crippen LogP contribution < -0.4 is 10.2 Å². The van der Waals surface area contributed by atoms with Gasteiger partial charge in [-0.05, 0) is 36.6 Å². The summed E-state index contributed by atoms with van der Waals surface area (Å²) in [6.45, 7) is 2.14. The third-order valence-corrected chi connectivity index (χ3v) is 4.58. The van der Waals surface area contributed by atoms with Crippen LogP contribution in [0.1, 0.15) is 29.9 Å². The van der Waals surface area contributed by atoms with Gasteiger partial charge in [0.15, 0.2) is 0 Å². The van der Waals surface area contributed by atoms with Crippen molar-refractivity contribution in [2.24, 2.45) is 0 Å². The van der Waals surface area contributed by atoms with Crippen LogP contribution in [0, 0.1) is 0 Å². The van der Waals surface area contributed by atoms with Crippen LogP contribution in [0.2, 0.25) is 0 Å². The lowest BCUT2D eigenvalue weighted by Crippen LogP contribution is -2.20. The second kappa shape index (κ2) is 6.01. The fourth-order valence-electron chi connectivity index (χ4n) is 3.32. The quantitative estimate of drug-likeness (QED) is 0.866. The topological polar surface area (TPSA) is 54.5 Å². The van der Waals surface area contributed by atoms with E-state index in [2.05, 4.69) is 22.4 Å². The van der Waals surface area contributed by atoms with Gasteiger partial charge in [-0.25, -0.2) is 4.98 Å². The number of anilines is 3. The number of rotatable bonds is 2. The minimum absolute atomic E-state index is 0.409. The zero-order chi connectivity index (χ0) is 15.6. The predicted octanol–water partition coefficient (Wildman–Crippen LogP) is 3.20. The monoisotopic (exact) mass is 309 g/mol. The van der Waals surface area contributed by atoms with Gasteiger partial charge in [-0.3, -0.25) is 4.79 Å². The lowest BCUT2D eigenvalue weighted by atomic mass is 9.93. The molecule has 1 fully saturated rings. The Hall–Kier alpha value is -2.40. The summed E-state index contributed by atoms with van der Waals surface area (Å²) in [6.07, 6.45) is 4.88. The van der Waals surface area contributed by atoms with E-state index in [4.69, 9.17) is 4.74 Å². The molecule has 5 nitrogen and oxygen atoms in total. The van der Waals surface area contributed by atoms with Gasteiger partial charge in [-0.15, -0.1) is 0 Å². The van der Waals surface area contributed by atoms with E-state index in [1.54, 1.807) is 11.1 Å². The van der Waals surface area contributed by atoms with Gasteiger partial charge in [0.1, 0.15) is 5.82 Å². The SMILES string of the molecule is O=CN1Cc2cccnc2Nc2ccc(C3CCCOC3)cc21. The Bertz CT molecular complexity index is 726. The van der Waals surface area contributed by atoms with Crippen molar-refractivity contribution in [1.29, 1.82) is 0 Å². The molecule has 1 aromatic heterocycles. The van der Waals surface area contributed by atoms with Gasteiger partial charge in [0.05, 0.1) is 24.5 Å². The van der Waals surface area contributed by atoms with Crippen LogP contribution in [-0.2, 0) is 16.1 Å². The summed E-state index contributed by atoms with van der Waals surface area (Å²) in [5, 5.41) is 3.35. The van der Waals surface area contributed by atoms with Gasteiger partial charge < -0.3 is 15.0 Å². The molecule has 1 amide bonds. The molecule has 0 saturated carbocycles. The molecule has 1 unspecified atom stereocenters. The summed E-state index contributed by atoms with van der Waals surface area (Å²) in [5.74, 6) is 1.22. The Labute approximate surface area is 135 Å². The molecule has 3 heterocycles. The van der Waals surface area contributed by atoms with Gasteiger partial charge in [0.2, 0.25) is 6.41 Å². The summed E-state index contributed by atoms with van der Waals surface area (Å²) in [7, 11) is 0. The van der Waals surface area contributed by atoms with Crippen molar-refractivity contribution < 1.29 is 9.53 Å². The molecule has 1 saturated heterocycles. The average molecular weight is 309 g/mol. The molecule has 2 aromatic rings.